The smallest absolute Gasteiger partial charge is 0.246 e. The first-order chi connectivity index (χ1) is 5.74. The molecule has 0 aliphatic carbocycles. The molecule has 1 saturated heterocycles. The van der Waals surface area contributed by atoms with Gasteiger partial charge < -0.3 is 10.6 Å². The fraction of sp³-hybridized carbons (Fsp3) is 0.667. The number of carbonyl (C=O) groups excluding carboxylic acids is 1. The van der Waals surface area contributed by atoms with Gasteiger partial charge in [-0.3, -0.25) is 4.79 Å². The number of nitrogens with zero attached hydrogens (tertiary/aromatic N) is 1. The van der Waals surface area contributed by atoms with Crippen molar-refractivity contribution < 1.29 is 4.79 Å². The van der Waals surface area contributed by atoms with E-state index in [2.05, 4.69) is 0 Å². The number of amides is 1. The van der Waals surface area contributed by atoms with Gasteiger partial charge in [0.15, 0.2) is 0 Å². The van der Waals surface area contributed by atoms with E-state index in [0.29, 0.717) is 6.04 Å². The van der Waals surface area contributed by atoms with Crippen molar-refractivity contribution in [3.05, 3.63) is 12.2 Å². The Hall–Kier alpha value is -0.830. The molecule has 1 heterocycles. The van der Waals surface area contributed by atoms with Gasteiger partial charge >= 0.3 is 0 Å². The zero-order valence-corrected chi connectivity index (χ0v) is 7.49. The highest BCUT2D eigenvalue weighted by Gasteiger charge is 2.18. The highest BCUT2D eigenvalue weighted by Crippen LogP contribution is 2.08. The van der Waals surface area contributed by atoms with E-state index in [9.17, 15) is 4.79 Å². The predicted octanol–water partition coefficient (Wildman–Crippen LogP) is 0.512. The summed E-state index contributed by atoms with van der Waals surface area (Å²) in [6, 6.07) is 0.291. The van der Waals surface area contributed by atoms with Gasteiger partial charge in [-0.15, -0.1) is 0 Å². The molecule has 0 aromatic carbocycles. The van der Waals surface area contributed by atoms with Gasteiger partial charge in [0.1, 0.15) is 0 Å². The summed E-state index contributed by atoms with van der Waals surface area (Å²) in [5.74, 6) is 0.115. The maximum Gasteiger partial charge on any atom is 0.246 e. The minimum atomic E-state index is 0.115. The van der Waals surface area contributed by atoms with Crippen LogP contribution in [0.3, 0.4) is 0 Å². The second kappa shape index (κ2) is 4.26. The predicted molar refractivity (Wildman–Crippen MR) is 48.6 cm³/mol. The van der Waals surface area contributed by atoms with Crippen LogP contribution in [-0.2, 0) is 4.79 Å². The number of hydrogen-bond donors (Lipinski definition) is 1. The van der Waals surface area contributed by atoms with E-state index in [1.54, 1.807) is 12.2 Å². The third-order valence-electron chi connectivity index (χ3n) is 2.16. The van der Waals surface area contributed by atoms with Crippen LogP contribution in [0.1, 0.15) is 19.8 Å². The first-order valence-corrected chi connectivity index (χ1v) is 4.41. The third kappa shape index (κ3) is 2.34. The van der Waals surface area contributed by atoms with Crippen molar-refractivity contribution in [3.8, 4) is 0 Å². The quantitative estimate of drug-likeness (QED) is 0.580. The Kier molecular flexibility index (Phi) is 3.29. The normalized spacial score (nSPS) is 20.3. The molecule has 0 spiro atoms. The van der Waals surface area contributed by atoms with Gasteiger partial charge in [-0.25, -0.2) is 0 Å². The van der Waals surface area contributed by atoms with Gasteiger partial charge in [-0.1, -0.05) is 6.08 Å². The Morgan fingerprint density at radius 1 is 1.50 bits per heavy atom. The molecule has 0 radical (unpaired) electrons. The molecule has 1 aliphatic rings. The Labute approximate surface area is 73.2 Å². The summed E-state index contributed by atoms with van der Waals surface area (Å²) in [5, 5.41) is 0. The maximum atomic E-state index is 11.3. The first-order valence-electron chi connectivity index (χ1n) is 4.41. The second-order valence-electron chi connectivity index (χ2n) is 3.16. The molecule has 0 unspecified atom stereocenters. The van der Waals surface area contributed by atoms with E-state index in [1.165, 1.54) is 0 Å². The summed E-state index contributed by atoms with van der Waals surface area (Å²) in [7, 11) is 0. The summed E-state index contributed by atoms with van der Waals surface area (Å²) in [6.07, 6.45) is 5.25. The van der Waals surface area contributed by atoms with Crippen molar-refractivity contribution in [2.24, 2.45) is 5.73 Å². The molecule has 1 rings (SSSR count). The van der Waals surface area contributed by atoms with E-state index < -0.39 is 0 Å². The van der Waals surface area contributed by atoms with Crippen LogP contribution in [0.15, 0.2) is 12.2 Å². The lowest BCUT2D eigenvalue weighted by molar-refractivity contribution is -0.127. The average Bonchev–Trinajstić information content (AvgIpc) is 2.06. The first kappa shape index (κ1) is 9.26. The van der Waals surface area contributed by atoms with Crippen LogP contribution in [0, 0.1) is 0 Å². The Balaban J connectivity index is 2.39. The van der Waals surface area contributed by atoms with E-state index in [1.807, 2.05) is 11.8 Å². The van der Waals surface area contributed by atoms with Crippen molar-refractivity contribution in [2.75, 3.05) is 13.1 Å². The Morgan fingerprint density at radius 3 is 2.58 bits per heavy atom. The van der Waals surface area contributed by atoms with E-state index >= 15 is 0 Å². The topological polar surface area (TPSA) is 46.3 Å². The largest absolute Gasteiger partial charge is 0.339 e. The zero-order chi connectivity index (χ0) is 8.97. The van der Waals surface area contributed by atoms with E-state index in [4.69, 9.17) is 5.73 Å². The van der Waals surface area contributed by atoms with Gasteiger partial charge in [0.2, 0.25) is 5.91 Å². The molecule has 12 heavy (non-hydrogen) atoms. The molecule has 1 fully saturated rings. The van der Waals surface area contributed by atoms with Crippen LogP contribution in [0.4, 0.5) is 0 Å². The van der Waals surface area contributed by atoms with Crippen LogP contribution in [0.25, 0.3) is 0 Å². The van der Waals surface area contributed by atoms with E-state index in [0.717, 1.165) is 25.9 Å². The molecule has 2 N–H and O–H groups in total. The SMILES string of the molecule is C/C=C/C(=O)N1CCC(N)CC1. The van der Waals surface area contributed by atoms with Crippen molar-refractivity contribution in [1.29, 1.82) is 0 Å². The summed E-state index contributed by atoms with van der Waals surface area (Å²) in [5.41, 5.74) is 5.72. The van der Waals surface area contributed by atoms with Crippen molar-refractivity contribution in [3.63, 3.8) is 0 Å². The summed E-state index contributed by atoms with van der Waals surface area (Å²) in [6.45, 7) is 3.47. The molecule has 0 aromatic heterocycles. The number of nitrogens with two attached hydrogens (primary N) is 1. The van der Waals surface area contributed by atoms with Crippen molar-refractivity contribution in [1.82, 2.24) is 4.90 Å². The number of carbonyl (C=O) groups is 1. The molecule has 3 nitrogen and oxygen atoms in total. The zero-order valence-electron chi connectivity index (χ0n) is 7.49. The number of piperidine rings is 1. The van der Waals surface area contributed by atoms with Gasteiger partial charge in [0.05, 0.1) is 0 Å². The third-order valence-corrected chi connectivity index (χ3v) is 2.16. The lowest BCUT2D eigenvalue weighted by Gasteiger charge is -2.29. The number of hydrogen-bond acceptors (Lipinski definition) is 2. The Morgan fingerprint density at radius 2 is 2.08 bits per heavy atom. The lowest BCUT2D eigenvalue weighted by Crippen LogP contribution is -2.42. The van der Waals surface area contributed by atoms with Gasteiger partial charge in [-0.05, 0) is 25.8 Å². The number of allylic oxidation sites excluding steroid dienone is 1. The lowest BCUT2D eigenvalue weighted by atomic mass is 10.1. The standard InChI is InChI=1S/C9H16N2O/c1-2-3-9(12)11-6-4-8(10)5-7-11/h2-3,8H,4-7,10H2,1H3/b3-2+. The molecular weight excluding hydrogens is 152 g/mol. The molecule has 1 amide bonds. The van der Waals surface area contributed by atoms with Gasteiger partial charge in [0, 0.05) is 19.1 Å². The van der Waals surface area contributed by atoms with Gasteiger partial charge in [-0.2, -0.15) is 0 Å². The van der Waals surface area contributed by atoms with Crippen LogP contribution < -0.4 is 5.73 Å². The molecule has 3 heteroatoms. The highest BCUT2D eigenvalue weighted by molar-refractivity contribution is 5.87. The van der Waals surface area contributed by atoms with Crippen molar-refractivity contribution in [2.45, 2.75) is 25.8 Å². The summed E-state index contributed by atoms with van der Waals surface area (Å²) in [4.78, 5) is 13.2. The van der Waals surface area contributed by atoms with Crippen LogP contribution >= 0.6 is 0 Å². The van der Waals surface area contributed by atoms with Gasteiger partial charge in [0.25, 0.3) is 0 Å². The average molecular weight is 168 g/mol. The Bertz CT molecular complexity index is 181. The molecule has 0 atom stereocenters. The van der Waals surface area contributed by atoms with Crippen LogP contribution in [0.5, 0.6) is 0 Å². The highest BCUT2D eigenvalue weighted by atomic mass is 16.2. The minimum absolute atomic E-state index is 0.115. The molecule has 68 valence electrons. The summed E-state index contributed by atoms with van der Waals surface area (Å²) >= 11 is 0. The number of likely N-dealkylation sites (tertiary alicyclic amines) is 1. The van der Waals surface area contributed by atoms with E-state index in [-0.39, 0.29) is 5.91 Å². The minimum Gasteiger partial charge on any atom is -0.339 e. The van der Waals surface area contributed by atoms with Crippen LogP contribution in [0.2, 0.25) is 0 Å². The fourth-order valence-electron chi connectivity index (χ4n) is 1.37. The second-order valence-corrected chi connectivity index (χ2v) is 3.16. The molecule has 0 aromatic rings. The fourth-order valence-corrected chi connectivity index (χ4v) is 1.37. The molecule has 1 aliphatic heterocycles. The maximum absolute atomic E-state index is 11.3. The molecule has 0 saturated carbocycles. The number of rotatable bonds is 1. The molecule has 0 bridgehead atoms. The van der Waals surface area contributed by atoms with Crippen molar-refractivity contribution >= 4 is 5.91 Å². The monoisotopic (exact) mass is 168 g/mol. The summed E-state index contributed by atoms with van der Waals surface area (Å²) < 4.78 is 0. The molecular formula is C9H16N2O. The van der Waals surface area contributed by atoms with Crippen LogP contribution in [-0.4, -0.2) is 29.9 Å².